The van der Waals surface area contributed by atoms with Gasteiger partial charge in [-0.3, -0.25) is 4.98 Å². The molecule has 0 aromatic carbocycles. The van der Waals surface area contributed by atoms with Gasteiger partial charge in [-0.05, 0) is 31.4 Å². The normalized spacial score (nSPS) is 18.0. The van der Waals surface area contributed by atoms with Gasteiger partial charge < -0.3 is 10.2 Å². The zero-order chi connectivity index (χ0) is 14.3. The van der Waals surface area contributed by atoms with Crippen LogP contribution in [0.5, 0.6) is 0 Å². The number of aromatic nitrogens is 2. The van der Waals surface area contributed by atoms with E-state index in [1.54, 1.807) is 0 Å². The number of fused-ring (bicyclic) bond motifs is 1. The molecule has 0 unspecified atom stereocenters. The number of pyridine rings is 1. The first-order valence-corrected chi connectivity index (χ1v) is 6.24. The molecule has 0 aliphatic heterocycles. The number of oxazole rings is 1. The summed E-state index contributed by atoms with van der Waals surface area (Å²) in [4.78, 5) is 7.57. The lowest BCUT2D eigenvalue weighted by Crippen LogP contribution is -2.15. The Morgan fingerprint density at radius 3 is 2.76 bits per heavy atom. The van der Waals surface area contributed by atoms with Crippen molar-refractivity contribution in [3.8, 4) is 11.5 Å². The van der Waals surface area contributed by atoms with Gasteiger partial charge in [-0.2, -0.15) is 13.2 Å². The Bertz CT molecular complexity index is 642. The first-order valence-electron chi connectivity index (χ1n) is 6.24. The molecule has 8 heteroatoms. The zero-order valence-electron chi connectivity index (χ0n) is 10.9. The largest absolute Gasteiger partial charge is 0.439 e. The van der Waals surface area contributed by atoms with Crippen LogP contribution in [0.3, 0.4) is 0 Å². The molecule has 2 aromatic rings. The molecule has 0 spiro atoms. The molecule has 21 heavy (non-hydrogen) atoms. The molecule has 4 nitrogen and oxygen atoms in total. The summed E-state index contributed by atoms with van der Waals surface area (Å²) in [6.45, 7) is 0. The number of hydrogen-bond donors (Lipinski definition) is 1. The maximum Gasteiger partial charge on any atom is 0.433 e. The first kappa shape index (κ1) is 15.8. The molecule has 0 amide bonds. The molecule has 0 saturated heterocycles. The third-order valence-electron chi connectivity index (χ3n) is 3.29. The fourth-order valence-electron chi connectivity index (χ4n) is 2.29. The fraction of sp³-hybridized carbons (Fsp3) is 0.385. The molecule has 2 heterocycles. The molecule has 3 rings (SSSR count). The summed E-state index contributed by atoms with van der Waals surface area (Å²) in [6.07, 6.45) is -0.945. The summed E-state index contributed by atoms with van der Waals surface area (Å²) in [5.74, 6) is 0.747. The van der Waals surface area contributed by atoms with E-state index >= 15 is 0 Å². The topological polar surface area (TPSA) is 64.9 Å². The molecule has 1 aliphatic carbocycles. The maximum atomic E-state index is 12.6. The Balaban J connectivity index is 0.00000161. The van der Waals surface area contributed by atoms with Crippen LogP contribution < -0.4 is 5.73 Å². The molecule has 0 saturated carbocycles. The predicted molar refractivity (Wildman–Crippen MR) is 71.9 cm³/mol. The van der Waals surface area contributed by atoms with Crippen LogP contribution in [0.1, 0.15) is 36.0 Å². The van der Waals surface area contributed by atoms with Gasteiger partial charge in [0.15, 0.2) is 0 Å². The highest BCUT2D eigenvalue weighted by atomic mass is 35.5. The second kappa shape index (κ2) is 5.65. The smallest absolute Gasteiger partial charge is 0.433 e. The van der Waals surface area contributed by atoms with Crippen molar-refractivity contribution < 1.29 is 17.6 Å². The van der Waals surface area contributed by atoms with Gasteiger partial charge >= 0.3 is 6.18 Å². The summed E-state index contributed by atoms with van der Waals surface area (Å²) >= 11 is 0. The van der Waals surface area contributed by atoms with E-state index in [4.69, 9.17) is 10.2 Å². The number of hydrogen-bond acceptors (Lipinski definition) is 4. The molecular weight excluding hydrogens is 307 g/mol. The highest BCUT2D eigenvalue weighted by Gasteiger charge is 2.33. The average molecular weight is 320 g/mol. The molecule has 1 atom stereocenters. The lowest BCUT2D eigenvalue weighted by Gasteiger charge is -2.14. The van der Waals surface area contributed by atoms with Crippen molar-refractivity contribution in [2.75, 3.05) is 0 Å². The third kappa shape index (κ3) is 3.03. The van der Waals surface area contributed by atoms with E-state index < -0.39 is 11.9 Å². The van der Waals surface area contributed by atoms with Gasteiger partial charge in [-0.1, -0.05) is 0 Å². The Kier molecular flexibility index (Phi) is 4.25. The summed E-state index contributed by atoms with van der Waals surface area (Å²) in [7, 11) is 0. The Labute approximate surface area is 125 Å². The van der Waals surface area contributed by atoms with Gasteiger partial charge in [-0.15, -0.1) is 12.4 Å². The molecule has 2 N–H and O–H groups in total. The van der Waals surface area contributed by atoms with E-state index in [0.717, 1.165) is 37.2 Å². The second-order valence-corrected chi connectivity index (χ2v) is 4.76. The van der Waals surface area contributed by atoms with Crippen LogP contribution in [0.25, 0.3) is 11.5 Å². The van der Waals surface area contributed by atoms with Crippen molar-refractivity contribution in [3.63, 3.8) is 0 Å². The molecule has 0 radical (unpaired) electrons. The van der Waals surface area contributed by atoms with E-state index in [9.17, 15) is 13.2 Å². The van der Waals surface area contributed by atoms with Crippen LogP contribution in [-0.2, 0) is 12.6 Å². The standard InChI is InChI=1S/C13H12F3N3O.ClH/c14-13(15,16)10-6-7(4-5-18-10)12-19-9-3-1-2-8(17)11(9)20-12;/h4-6,8H,1-3,17H2;1H/t8-;/m0./s1. The molecule has 0 bridgehead atoms. The van der Waals surface area contributed by atoms with Crippen LogP contribution in [0, 0.1) is 0 Å². The lowest BCUT2D eigenvalue weighted by molar-refractivity contribution is -0.141. The number of rotatable bonds is 1. The van der Waals surface area contributed by atoms with Crippen molar-refractivity contribution >= 4 is 12.4 Å². The first-order chi connectivity index (χ1) is 9.45. The van der Waals surface area contributed by atoms with E-state index in [0.29, 0.717) is 5.76 Å². The van der Waals surface area contributed by atoms with Crippen LogP contribution in [-0.4, -0.2) is 9.97 Å². The Morgan fingerprint density at radius 1 is 1.33 bits per heavy atom. The van der Waals surface area contributed by atoms with Gasteiger partial charge in [0.05, 0.1) is 11.7 Å². The minimum Gasteiger partial charge on any atom is -0.439 e. The number of halogens is 4. The molecule has 0 fully saturated rings. The monoisotopic (exact) mass is 319 g/mol. The molecule has 2 aromatic heterocycles. The van der Waals surface area contributed by atoms with Crippen LogP contribution >= 0.6 is 12.4 Å². The summed E-state index contributed by atoms with van der Waals surface area (Å²) < 4.78 is 43.5. The Morgan fingerprint density at radius 2 is 2.10 bits per heavy atom. The van der Waals surface area contributed by atoms with E-state index in [1.807, 2.05) is 0 Å². The van der Waals surface area contributed by atoms with Gasteiger partial charge in [-0.25, -0.2) is 4.98 Å². The van der Waals surface area contributed by atoms with Crippen molar-refractivity contribution in [2.45, 2.75) is 31.5 Å². The van der Waals surface area contributed by atoms with E-state index in [1.165, 1.54) is 6.07 Å². The second-order valence-electron chi connectivity index (χ2n) is 4.76. The fourth-order valence-corrected chi connectivity index (χ4v) is 2.29. The van der Waals surface area contributed by atoms with Gasteiger partial charge in [0, 0.05) is 11.8 Å². The van der Waals surface area contributed by atoms with Gasteiger partial charge in [0.1, 0.15) is 11.5 Å². The highest BCUT2D eigenvalue weighted by molar-refractivity contribution is 5.85. The minimum absolute atomic E-state index is 0. The van der Waals surface area contributed by atoms with Crippen LogP contribution in [0.2, 0.25) is 0 Å². The van der Waals surface area contributed by atoms with Crippen LogP contribution in [0.4, 0.5) is 13.2 Å². The van der Waals surface area contributed by atoms with Crippen molar-refractivity contribution in [1.29, 1.82) is 0 Å². The lowest BCUT2D eigenvalue weighted by atomic mass is 9.98. The van der Waals surface area contributed by atoms with E-state index in [-0.39, 0.29) is 29.9 Å². The summed E-state index contributed by atoms with van der Waals surface area (Å²) in [6, 6.07) is 2.14. The number of nitrogens with two attached hydrogens (primary N) is 1. The van der Waals surface area contributed by atoms with Crippen molar-refractivity contribution in [1.82, 2.24) is 9.97 Å². The maximum absolute atomic E-state index is 12.6. The van der Waals surface area contributed by atoms with Gasteiger partial charge in [0.25, 0.3) is 0 Å². The number of nitrogens with zero attached hydrogens (tertiary/aromatic N) is 2. The Hall–Kier alpha value is -1.60. The average Bonchev–Trinajstić information content (AvgIpc) is 2.83. The van der Waals surface area contributed by atoms with Crippen molar-refractivity contribution in [3.05, 3.63) is 35.5 Å². The molecule has 1 aliphatic rings. The highest BCUT2D eigenvalue weighted by Crippen LogP contribution is 2.34. The molecular formula is C13H13ClF3N3O. The number of alkyl halides is 3. The number of aryl methyl sites for hydroxylation is 1. The minimum atomic E-state index is -4.49. The zero-order valence-corrected chi connectivity index (χ0v) is 11.7. The molecule has 114 valence electrons. The summed E-state index contributed by atoms with van der Waals surface area (Å²) in [5.41, 5.74) is 5.95. The SMILES string of the molecule is Cl.N[C@H]1CCCc2nc(-c3ccnc(C(F)(F)F)c3)oc21. The third-order valence-corrected chi connectivity index (χ3v) is 3.29. The predicted octanol–water partition coefficient (Wildman–Crippen LogP) is 3.51. The van der Waals surface area contributed by atoms with Gasteiger partial charge in [0.2, 0.25) is 5.89 Å². The van der Waals surface area contributed by atoms with Crippen LogP contribution in [0.15, 0.2) is 22.7 Å². The summed E-state index contributed by atoms with van der Waals surface area (Å²) in [5, 5.41) is 0. The quantitative estimate of drug-likeness (QED) is 0.873. The van der Waals surface area contributed by atoms with E-state index in [2.05, 4.69) is 9.97 Å². The van der Waals surface area contributed by atoms with Crippen molar-refractivity contribution in [2.24, 2.45) is 5.73 Å².